The summed E-state index contributed by atoms with van der Waals surface area (Å²) in [4.78, 5) is 30.0. The van der Waals surface area contributed by atoms with Crippen molar-refractivity contribution in [1.29, 1.82) is 0 Å². The maximum Gasteiger partial charge on any atom is 0.262 e. The van der Waals surface area contributed by atoms with Crippen LogP contribution in [0.4, 0.5) is 0 Å². The maximum atomic E-state index is 12.4. The SMILES string of the molecule is CC(NC(=O)CSc1nc2sccc2c(=O)n1C)c1ccc2ccccc2c1. The van der Waals surface area contributed by atoms with E-state index in [0.29, 0.717) is 15.4 Å². The van der Waals surface area contributed by atoms with E-state index in [2.05, 4.69) is 34.6 Å². The van der Waals surface area contributed by atoms with Gasteiger partial charge in [-0.25, -0.2) is 4.98 Å². The van der Waals surface area contributed by atoms with Crippen molar-refractivity contribution in [2.75, 3.05) is 5.75 Å². The number of nitrogens with one attached hydrogen (secondary N) is 1. The van der Waals surface area contributed by atoms with Gasteiger partial charge >= 0.3 is 0 Å². The van der Waals surface area contributed by atoms with E-state index in [1.807, 2.05) is 30.5 Å². The highest BCUT2D eigenvalue weighted by Crippen LogP contribution is 2.22. The zero-order valence-electron chi connectivity index (χ0n) is 15.5. The van der Waals surface area contributed by atoms with Gasteiger partial charge in [0.05, 0.1) is 17.2 Å². The molecule has 0 radical (unpaired) electrons. The van der Waals surface area contributed by atoms with Crippen LogP contribution >= 0.6 is 23.1 Å². The van der Waals surface area contributed by atoms with Crippen molar-refractivity contribution in [3.63, 3.8) is 0 Å². The monoisotopic (exact) mass is 409 g/mol. The zero-order valence-corrected chi connectivity index (χ0v) is 17.1. The fourth-order valence-electron chi connectivity index (χ4n) is 3.08. The lowest BCUT2D eigenvalue weighted by Crippen LogP contribution is -2.28. The molecule has 2 heterocycles. The van der Waals surface area contributed by atoms with Crippen LogP contribution in [0.1, 0.15) is 18.5 Å². The van der Waals surface area contributed by atoms with Crippen molar-refractivity contribution in [2.24, 2.45) is 7.05 Å². The number of fused-ring (bicyclic) bond motifs is 2. The largest absolute Gasteiger partial charge is 0.349 e. The molecule has 1 unspecified atom stereocenters. The van der Waals surface area contributed by atoms with E-state index in [-0.39, 0.29) is 23.3 Å². The maximum absolute atomic E-state index is 12.4. The molecule has 1 amide bonds. The Labute approximate surface area is 170 Å². The predicted molar refractivity (Wildman–Crippen MR) is 116 cm³/mol. The third-order valence-electron chi connectivity index (χ3n) is 4.65. The fourth-order valence-corrected chi connectivity index (χ4v) is 4.67. The second-order valence-corrected chi connectivity index (χ2v) is 8.42. The molecule has 1 atom stereocenters. The average molecular weight is 410 g/mol. The lowest BCUT2D eigenvalue weighted by Gasteiger charge is -2.15. The normalized spacial score (nSPS) is 12.4. The Morgan fingerprint density at radius 2 is 2.00 bits per heavy atom. The van der Waals surface area contributed by atoms with Gasteiger partial charge in [-0.15, -0.1) is 11.3 Å². The van der Waals surface area contributed by atoms with E-state index in [9.17, 15) is 9.59 Å². The van der Waals surface area contributed by atoms with Gasteiger partial charge in [0.2, 0.25) is 5.91 Å². The average Bonchev–Trinajstić information content (AvgIpc) is 3.18. The number of carbonyl (C=O) groups excluding carboxylic acids is 1. The number of thioether (sulfide) groups is 1. The van der Waals surface area contributed by atoms with E-state index >= 15 is 0 Å². The van der Waals surface area contributed by atoms with Gasteiger partial charge in [0.15, 0.2) is 5.16 Å². The molecule has 0 spiro atoms. The number of benzene rings is 2. The number of carbonyl (C=O) groups is 1. The van der Waals surface area contributed by atoms with Gasteiger partial charge in [-0.05, 0) is 40.8 Å². The van der Waals surface area contributed by atoms with Crippen LogP contribution in [-0.4, -0.2) is 21.2 Å². The summed E-state index contributed by atoms with van der Waals surface area (Å²) in [5, 5.41) is 8.37. The molecule has 142 valence electrons. The Kier molecular flexibility index (Phi) is 5.19. The molecule has 0 aliphatic heterocycles. The Balaban J connectivity index is 1.44. The highest BCUT2D eigenvalue weighted by Gasteiger charge is 2.14. The van der Waals surface area contributed by atoms with Crippen LogP contribution in [-0.2, 0) is 11.8 Å². The summed E-state index contributed by atoms with van der Waals surface area (Å²) in [5.74, 6) is 0.112. The molecule has 4 rings (SSSR count). The Bertz CT molecular complexity index is 1230. The first kappa shape index (κ1) is 18.7. The Morgan fingerprint density at radius 3 is 2.82 bits per heavy atom. The summed E-state index contributed by atoms with van der Waals surface area (Å²) in [6.07, 6.45) is 0. The standard InChI is InChI=1S/C21H19N3O2S2/c1-13(15-8-7-14-5-3-4-6-16(14)11-15)22-18(25)12-28-21-23-19-17(9-10-27-19)20(26)24(21)2/h3-11,13H,12H2,1-2H3,(H,22,25). The third-order valence-corrected chi connectivity index (χ3v) is 6.48. The molecule has 1 N–H and O–H groups in total. The first-order chi connectivity index (χ1) is 13.5. The van der Waals surface area contributed by atoms with Crippen LogP contribution in [0.3, 0.4) is 0 Å². The molecule has 0 saturated heterocycles. The van der Waals surface area contributed by atoms with E-state index in [0.717, 1.165) is 10.9 Å². The third kappa shape index (κ3) is 3.68. The second-order valence-electron chi connectivity index (χ2n) is 6.58. The molecule has 0 aliphatic rings. The van der Waals surface area contributed by atoms with Crippen LogP contribution in [0.15, 0.2) is 63.9 Å². The quantitative estimate of drug-likeness (QED) is 0.398. The van der Waals surface area contributed by atoms with E-state index in [1.54, 1.807) is 13.1 Å². The number of amides is 1. The zero-order chi connectivity index (χ0) is 19.7. The van der Waals surface area contributed by atoms with Gasteiger partial charge < -0.3 is 5.32 Å². The van der Waals surface area contributed by atoms with Gasteiger partial charge in [0.25, 0.3) is 5.56 Å². The minimum Gasteiger partial charge on any atom is -0.349 e. The molecule has 2 aromatic carbocycles. The van der Waals surface area contributed by atoms with Crippen molar-refractivity contribution in [1.82, 2.24) is 14.9 Å². The summed E-state index contributed by atoms with van der Waals surface area (Å²) < 4.78 is 1.50. The molecule has 28 heavy (non-hydrogen) atoms. The lowest BCUT2D eigenvalue weighted by molar-refractivity contribution is -0.119. The molecule has 4 aromatic rings. The van der Waals surface area contributed by atoms with Crippen LogP contribution in [0.25, 0.3) is 21.0 Å². The van der Waals surface area contributed by atoms with Crippen molar-refractivity contribution in [3.8, 4) is 0 Å². The van der Waals surface area contributed by atoms with Gasteiger partial charge in [-0.1, -0.05) is 48.2 Å². The van der Waals surface area contributed by atoms with Crippen molar-refractivity contribution in [2.45, 2.75) is 18.1 Å². The van der Waals surface area contributed by atoms with Crippen LogP contribution in [0, 0.1) is 0 Å². The molecule has 0 bridgehead atoms. The van der Waals surface area contributed by atoms with Gasteiger partial charge in [-0.3, -0.25) is 14.2 Å². The number of hydrogen-bond donors (Lipinski definition) is 1. The van der Waals surface area contributed by atoms with Crippen molar-refractivity contribution >= 4 is 50.0 Å². The molecule has 0 saturated carbocycles. The molecule has 5 nitrogen and oxygen atoms in total. The number of thiophene rings is 1. The summed E-state index contributed by atoms with van der Waals surface area (Å²) in [6, 6.07) is 16.0. The number of aromatic nitrogens is 2. The lowest BCUT2D eigenvalue weighted by atomic mass is 10.0. The number of nitrogens with zero attached hydrogens (tertiary/aromatic N) is 2. The second kappa shape index (κ2) is 7.77. The van der Waals surface area contributed by atoms with Gasteiger partial charge in [0, 0.05) is 7.05 Å². The smallest absolute Gasteiger partial charge is 0.262 e. The first-order valence-corrected chi connectivity index (χ1v) is 10.7. The molecule has 0 aliphatic carbocycles. The first-order valence-electron chi connectivity index (χ1n) is 8.88. The highest BCUT2D eigenvalue weighted by atomic mass is 32.2. The minimum atomic E-state index is -0.103. The molecular formula is C21H19N3O2S2. The van der Waals surface area contributed by atoms with E-state index < -0.39 is 0 Å². The fraction of sp³-hybridized carbons (Fsp3) is 0.190. The summed E-state index contributed by atoms with van der Waals surface area (Å²) in [6.45, 7) is 1.97. The van der Waals surface area contributed by atoms with Crippen LogP contribution in [0.5, 0.6) is 0 Å². The predicted octanol–water partition coefficient (Wildman–Crippen LogP) is 4.12. The molecular weight excluding hydrogens is 390 g/mol. The summed E-state index contributed by atoms with van der Waals surface area (Å²) in [7, 11) is 1.68. The molecule has 7 heteroatoms. The molecule has 0 fully saturated rings. The number of rotatable bonds is 5. The topological polar surface area (TPSA) is 64.0 Å². The van der Waals surface area contributed by atoms with Gasteiger partial charge in [0.1, 0.15) is 4.83 Å². The van der Waals surface area contributed by atoms with Crippen molar-refractivity contribution in [3.05, 3.63) is 69.8 Å². The minimum absolute atomic E-state index is 0.0845. The summed E-state index contributed by atoms with van der Waals surface area (Å²) in [5.41, 5.74) is 0.973. The van der Waals surface area contributed by atoms with Gasteiger partial charge in [-0.2, -0.15) is 0 Å². The van der Waals surface area contributed by atoms with E-state index in [1.165, 1.54) is 33.1 Å². The number of hydrogen-bond acceptors (Lipinski definition) is 5. The van der Waals surface area contributed by atoms with Crippen LogP contribution in [0.2, 0.25) is 0 Å². The Hall–Kier alpha value is -2.64. The van der Waals surface area contributed by atoms with Crippen LogP contribution < -0.4 is 10.9 Å². The van der Waals surface area contributed by atoms with Crippen molar-refractivity contribution < 1.29 is 4.79 Å². The highest BCUT2D eigenvalue weighted by molar-refractivity contribution is 7.99. The molecule has 2 aromatic heterocycles. The van der Waals surface area contributed by atoms with E-state index in [4.69, 9.17) is 0 Å². The Morgan fingerprint density at radius 1 is 1.21 bits per heavy atom. The summed E-state index contributed by atoms with van der Waals surface area (Å²) >= 11 is 2.70.